The van der Waals surface area contributed by atoms with Gasteiger partial charge in [-0.25, -0.2) is 14.2 Å². The summed E-state index contributed by atoms with van der Waals surface area (Å²) in [5.74, 6) is 0.616. The maximum Gasteiger partial charge on any atom is 0.323 e. The molecule has 2 aliphatic rings. The molecule has 3 aromatic rings. The fourth-order valence-corrected chi connectivity index (χ4v) is 4.19. The zero-order valence-corrected chi connectivity index (χ0v) is 17.3. The number of nitrogens with zero attached hydrogens (tertiary/aromatic N) is 5. The fourth-order valence-electron chi connectivity index (χ4n) is 4.19. The molecule has 0 spiro atoms. The highest BCUT2D eigenvalue weighted by atomic mass is 19.1. The van der Waals surface area contributed by atoms with Crippen LogP contribution in [-0.2, 0) is 19.6 Å². The van der Waals surface area contributed by atoms with Crippen LogP contribution in [-0.4, -0.2) is 50.7 Å². The van der Waals surface area contributed by atoms with Gasteiger partial charge in [-0.3, -0.25) is 10.00 Å². The molecular formula is C22H24FN7O. The summed E-state index contributed by atoms with van der Waals surface area (Å²) in [6, 6.07) is 9.17. The van der Waals surface area contributed by atoms with Gasteiger partial charge in [0.1, 0.15) is 5.82 Å². The van der Waals surface area contributed by atoms with E-state index in [0.29, 0.717) is 30.4 Å². The Morgan fingerprint density at radius 1 is 1.19 bits per heavy atom. The second-order valence-electron chi connectivity index (χ2n) is 8.34. The van der Waals surface area contributed by atoms with Crippen LogP contribution in [0.5, 0.6) is 0 Å². The van der Waals surface area contributed by atoms with Gasteiger partial charge < -0.3 is 15.5 Å². The molecule has 1 fully saturated rings. The van der Waals surface area contributed by atoms with E-state index >= 15 is 0 Å². The van der Waals surface area contributed by atoms with Crippen LogP contribution in [0.2, 0.25) is 0 Å². The van der Waals surface area contributed by atoms with Crippen molar-refractivity contribution in [1.82, 2.24) is 24.6 Å². The van der Waals surface area contributed by atoms with Crippen LogP contribution in [0.25, 0.3) is 11.3 Å². The number of likely N-dealkylation sites (tertiary alicyclic amines) is 1. The number of carbonyl (C=O) groups is 1. The minimum atomic E-state index is -0.317. The SMILES string of the molecule is CN1CC(Cn2cc3c(n2)CN(C(=O)Nc2nc(-c4ccc(F)cc4)ccc2N)C3)C1. The Morgan fingerprint density at radius 2 is 1.97 bits per heavy atom. The van der Waals surface area contributed by atoms with Gasteiger partial charge in [0.25, 0.3) is 0 Å². The highest BCUT2D eigenvalue weighted by molar-refractivity contribution is 5.92. The number of nitrogens with one attached hydrogen (secondary N) is 1. The minimum absolute atomic E-state index is 0.277. The maximum absolute atomic E-state index is 13.2. The summed E-state index contributed by atoms with van der Waals surface area (Å²) < 4.78 is 15.2. The first-order valence-corrected chi connectivity index (χ1v) is 10.3. The molecule has 9 heteroatoms. The van der Waals surface area contributed by atoms with E-state index in [1.54, 1.807) is 29.2 Å². The van der Waals surface area contributed by atoms with E-state index in [0.717, 1.165) is 36.5 Å². The van der Waals surface area contributed by atoms with Crippen molar-refractivity contribution in [2.75, 3.05) is 31.2 Å². The van der Waals surface area contributed by atoms with Gasteiger partial charge in [0.2, 0.25) is 0 Å². The van der Waals surface area contributed by atoms with Crippen LogP contribution in [0.1, 0.15) is 11.3 Å². The second-order valence-corrected chi connectivity index (χ2v) is 8.34. The number of aromatic nitrogens is 3. The number of benzene rings is 1. The van der Waals surface area contributed by atoms with Gasteiger partial charge in [0.15, 0.2) is 5.82 Å². The third-order valence-electron chi connectivity index (χ3n) is 5.79. The van der Waals surface area contributed by atoms with E-state index in [2.05, 4.69) is 27.3 Å². The lowest BCUT2D eigenvalue weighted by molar-refractivity contribution is 0.115. The summed E-state index contributed by atoms with van der Waals surface area (Å²) in [5, 5.41) is 7.47. The smallest absolute Gasteiger partial charge is 0.323 e. The van der Waals surface area contributed by atoms with E-state index in [4.69, 9.17) is 5.73 Å². The van der Waals surface area contributed by atoms with Crippen molar-refractivity contribution < 1.29 is 9.18 Å². The first-order valence-electron chi connectivity index (χ1n) is 10.3. The molecule has 3 N–H and O–H groups in total. The quantitative estimate of drug-likeness (QED) is 0.676. The standard InChI is InChI=1S/C22H24FN7O/c1-28-8-14(9-28)10-30-12-16-11-29(13-20(16)27-30)22(31)26-21-18(24)6-7-19(25-21)15-2-4-17(23)5-3-15/h2-7,12,14H,8-11,13,24H2,1H3,(H,25,26,31). The Morgan fingerprint density at radius 3 is 2.68 bits per heavy atom. The Hall–Kier alpha value is -3.46. The zero-order chi connectivity index (χ0) is 21.5. The molecule has 1 saturated heterocycles. The van der Waals surface area contributed by atoms with Crippen molar-refractivity contribution in [3.63, 3.8) is 0 Å². The predicted octanol–water partition coefficient (Wildman–Crippen LogP) is 2.78. The number of urea groups is 1. The Kier molecular flexibility index (Phi) is 4.82. The lowest BCUT2D eigenvalue weighted by atomic mass is 10.0. The number of amides is 2. The Labute approximate surface area is 179 Å². The van der Waals surface area contributed by atoms with E-state index < -0.39 is 0 Å². The van der Waals surface area contributed by atoms with Crippen LogP contribution in [0, 0.1) is 11.7 Å². The van der Waals surface area contributed by atoms with Crippen molar-refractivity contribution in [2.24, 2.45) is 5.92 Å². The fraction of sp³-hybridized carbons (Fsp3) is 0.318. The summed E-state index contributed by atoms with van der Waals surface area (Å²) in [4.78, 5) is 21.2. The van der Waals surface area contributed by atoms with E-state index in [1.807, 2.05) is 10.9 Å². The number of pyridine rings is 1. The van der Waals surface area contributed by atoms with Crippen molar-refractivity contribution in [3.8, 4) is 11.3 Å². The van der Waals surface area contributed by atoms with Crippen LogP contribution < -0.4 is 11.1 Å². The monoisotopic (exact) mass is 421 g/mol. The lowest BCUT2D eigenvalue weighted by Gasteiger charge is -2.36. The van der Waals surface area contributed by atoms with Gasteiger partial charge in [0.05, 0.1) is 30.2 Å². The van der Waals surface area contributed by atoms with E-state index in [-0.39, 0.29) is 17.7 Å². The molecule has 31 heavy (non-hydrogen) atoms. The molecule has 2 aliphatic heterocycles. The molecule has 1 aromatic carbocycles. The molecule has 0 aliphatic carbocycles. The van der Waals surface area contributed by atoms with Gasteiger partial charge >= 0.3 is 6.03 Å². The largest absolute Gasteiger partial charge is 0.396 e. The highest BCUT2D eigenvalue weighted by Gasteiger charge is 2.29. The average Bonchev–Trinajstić information content (AvgIpc) is 3.28. The topological polar surface area (TPSA) is 92.3 Å². The third kappa shape index (κ3) is 3.96. The van der Waals surface area contributed by atoms with Crippen molar-refractivity contribution in [3.05, 3.63) is 59.7 Å². The van der Waals surface area contributed by atoms with E-state index in [9.17, 15) is 9.18 Å². The molecule has 4 heterocycles. The molecule has 0 radical (unpaired) electrons. The zero-order valence-electron chi connectivity index (χ0n) is 17.3. The Balaban J connectivity index is 1.24. The van der Waals surface area contributed by atoms with Crippen LogP contribution in [0.15, 0.2) is 42.6 Å². The number of anilines is 2. The molecule has 0 saturated carbocycles. The summed E-state index contributed by atoms with van der Waals surface area (Å²) >= 11 is 0. The minimum Gasteiger partial charge on any atom is -0.396 e. The average molecular weight is 421 g/mol. The number of hydrogen-bond donors (Lipinski definition) is 2. The van der Waals surface area contributed by atoms with Crippen LogP contribution >= 0.6 is 0 Å². The van der Waals surface area contributed by atoms with Crippen LogP contribution in [0.4, 0.5) is 20.7 Å². The lowest BCUT2D eigenvalue weighted by Crippen LogP contribution is -2.45. The Bertz CT molecular complexity index is 1100. The number of carbonyl (C=O) groups excluding carboxylic acids is 1. The van der Waals surface area contributed by atoms with Gasteiger partial charge in [-0.1, -0.05) is 0 Å². The van der Waals surface area contributed by atoms with Crippen molar-refractivity contribution in [1.29, 1.82) is 0 Å². The molecule has 2 amide bonds. The van der Waals surface area contributed by atoms with Gasteiger partial charge in [-0.05, 0) is 43.4 Å². The van der Waals surface area contributed by atoms with Gasteiger partial charge in [-0.2, -0.15) is 5.10 Å². The highest BCUT2D eigenvalue weighted by Crippen LogP contribution is 2.26. The van der Waals surface area contributed by atoms with Crippen molar-refractivity contribution in [2.45, 2.75) is 19.6 Å². The van der Waals surface area contributed by atoms with E-state index in [1.165, 1.54) is 12.1 Å². The summed E-state index contributed by atoms with van der Waals surface area (Å²) in [6.07, 6.45) is 2.04. The normalized spacial score (nSPS) is 16.3. The molecule has 0 unspecified atom stereocenters. The summed E-state index contributed by atoms with van der Waals surface area (Å²) in [5.41, 5.74) is 9.74. The number of halogens is 1. The maximum atomic E-state index is 13.2. The third-order valence-corrected chi connectivity index (χ3v) is 5.79. The number of hydrogen-bond acceptors (Lipinski definition) is 5. The molecule has 8 nitrogen and oxygen atoms in total. The molecule has 0 atom stereocenters. The first-order chi connectivity index (χ1) is 14.9. The van der Waals surface area contributed by atoms with Crippen LogP contribution in [0.3, 0.4) is 0 Å². The number of nitrogens with two attached hydrogens (primary N) is 1. The van der Waals surface area contributed by atoms with Gasteiger partial charge in [0, 0.05) is 42.9 Å². The van der Waals surface area contributed by atoms with Gasteiger partial charge in [-0.15, -0.1) is 0 Å². The first kappa shape index (κ1) is 19.5. The molecular weight excluding hydrogens is 397 g/mol. The molecule has 0 bridgehead atoms. The second kappa shape index (κ2) is 7.66. The number of nitrogen functional groups attached to an aromatic ring is 1. The molecule has 160 valence electrons. The summed E-state index contributed by atoms with van der Waals surface area (Å²) in [7, 11) is 2.12. The number of rotatable bonds is 4. The van der Waals surface area contributed by atoms with Crippen molar-refractivity contribution >= 4 is 17.5 Å². The summed E-state index contributed by atoms with van der Waals surface area (Å²) in [6.45, 7) is 4.08. The molecule has 2 aromatic heterocycles. The number of fused-ring (bicyclic) bond motifs is 1. The predicted molar refractivity (Wildman–Crippen MR) is 116 cm³/mol. The molecule has 5 rings (SSSR count).